The van der Waals surface area contributed by atoms with Gasteiger partial charge in [-0.05, 0) is 37.5 Å². The van der Waals surface area contributed by atoms with Crippen LogP contribution in [0.4, 0.5) is 0 Å². The predicted molar refractivity (Wildman–Crippen MR) is 66.5 cm³/mol. The highest BCUT2D eigenvalue weighted by Crippen LogP contribution is 2.39. The molecule has 0 spiro atoms. The Morgan fingerprint density at radius 1 is 0.765 bits per heavy atom. The summed E-state index contributed by atoms with van der Waals surface area (Å²) in [7, 11) is 0. The quantitative estimate of drug-likeness (QED) is 0.561. The molecule has 0 saturated carbocycles. The largest absolute Gasteiger partial charge is 0.198 e. The van der Waals surface area contributed by atoms with Gasteiger partial charge < -0.3 is 0 Å². The zero-order chi connectivity index (χ0) is 13.0. The Morgan fingerprint density at radius 3 is 1.71 bits per heavy atom. The maximum atomic E-state index is 8.73. The van der Waals surface area contributed by atoms with Crippen molar-refractivity contribution < 1.29 is 0 Å². The topological polar surface area (TPSA) is 71.4 Å². The van der Waals surface area contributed by atoms with Gasteiger partial charge in [0.2, 0.25) is 0 Å². The number of hydrogen-bond donors (Lipinski definition) is 0. The first-order chi connectivity index (χ1) is 8.24. The minimum Gasteiger partial charge on any atom is -0.198 e. The molecule has 0 bridgehead atoms. The van der Waals surface area contributed by atoms with Crippen LogP contribution in [0.2, 0.25) is 0 Å². The van der Waals surface area contributed by atoms with Crippen molar-refractivity contribution in [3.05, 3.63) is 0 Å². The number of unbranched alkanes of at least 4 members (excludes halogenated alkanes) is 1. The Labute approximate surface area is 105 Å². The summed E-state index contributed by atoms with van der Waals surface area (Å²) in [5, 5.41) is 26.0. The van der Waals surface area contributed by atoms with E-state index in [0.717, 1.165) is 38.5 Å². The fraction of sp³-hybridized carbons (Fsp3) is 0.786. The van der Waals surface area contributed by atoms with Crippen LogP contribution >= 0.6 is 0 Å². The predicted octanol–water partition coefficient (Wildman–Crippen LogP) is 4.07. The summed E-state index contributed by atoms with van der Waals surface area (Å²) < 4.78 is 0. The summed E-state index contributed by atoms with van der Waals surface area (Å²) in [5.41, 5.74) is 0.108. The van der Waals surface area contributed by atoms with Gasteiger partial charge in [-0.25, -0.2) is 0 Å². The van der Waals surface area contributed by atoms with E-state index in [9.17, 15) is 0 Å². The van der Waals surface area contributed by atoms with E-state index in [1.807, 2.05) is 0 Å². The van der Waals surface area contributed by atoms with E-state index in [1.54, 1.807) is 0 Å². The molecule has 92 valence electrons. The third-order valence-corrected chi connectivity index (χ3v) is 3.31. The van der Waals surface area contributed by atoms with Gasteiger partial charge in [0, 0.05) is 19.3 Å². The molecule has 0 N–H and O–H groups in total. The molecule has 0 amide bonds. The Balaban J connectivity index is 4.52. The van der Waals surface area contributed by atoms with Crippen molar-refractivity contribution in [2.24, 2.45) is 5.41 Å². The van der Waals surface area contributed by atoms with Gasteiger partial charge in [-0.1, -0.05) is 13.3 Å². The molecule has 3 nitrogen and oxygen atoms in total. The van der Waals surface area contributed by atoms with E-state index in [2.05, 4.69) is 25.1 Å². The molecule has 0 aromatic rings. The molecule has 0 fully saturated rings. The van der Waals surface area contributed by atoms with Gasteiger partial charge in [-0.2, -0.15) is 15.8 Å². The van der Waals surface area contributed by atoms with Crippen LogP contribution in [0.15, 0.2) is 0 Å². The molecule has 0 aliphatic heterocycles. The molecule has 0 rings (SSSR count). The van der Waals surface area contributed by atoms with Crippen LogP contribution in [-0.4, -0.2) is 0 Å². The van der Waals surface area contributed by atoms with Crippen molar-refractivity contribution in [1.82, 2.24) is 0 Å². The second kappa shape index (κ2) is 9.68. The Morgan fingerprint density at radius 2 is 1.29 bits per heavy atom. The van der Waals surface area contributed by atoms with Gasteiger partial charge in [0.1, 0.15) is 0 Å². The van der Waals surface area contributed by atoms with Crippen LogP contribution in [0.25, 0.3) is 0 Å². The first-order valence-electron chi connectivity index (χ1n) is 6.35. The highest BCUT2D eigenvalue weighted by Gasteiger charge is 2.27. The minimum absolute atomic E-state index is 0.108. The summed E-state index contributed by atoms with van der Waals surface area (Å²) in [5.74, 6) is 0. The smallest absolute Gasteiger partial charge is 0.0621 e. The van der Waals surface area contributed by atoms with Gasteiger partial charge in [0.05, 0.1) is 18.2 Å². The van der Waals surface area contributed by atoms with Gasteiger partial charge >= 0.3 is 0 Å². The van der Waals surface area contributed by atoms with Crippen molar-refractivity contribution in [1.29, 1.82) is 15.8 Å². The van der Waals surface area contributed by atoms with E-state index in [-0.39, 0.29) is 5.41 Å². The fourth-order valence-electron chi connectivity index (χ4n) is 2.46. The summed E-state index contributed by atoms with van der Waals surface area (Å²) in [4.78, 5) is 0. The molecule has 0 atom stereocenters. The van der Waals surface area contributed by atoms with Crippen molar-refractivity contribution in [3.63, 3.8) is 0 Å². The summed E-state index contributed by atoms with van der Waals surface area (Å²) in [6, 6.07) is 6.57. The summed E-state index contributed by atoms with van der Waals surface area (Å²) >= 11 is 0. The molecule has 0 aliphatic carbocycles. The normalized spacial score (nSPS) is 10.2. The van der Waals surface area contributed by atoms with Crippen LogP contribution in [-0.2, 0) is 0 Å². The Kier molecular flexibility index (Phi) is 8.81. The van der Waals surface area contributed by atoms with Crippen molar-refractivity contribution in [2.45, 2.75) is 64.7 Å². The molecule has 0 saturated heterocycles. The molecule has 3 heteroatoms. The van der Waals surface area contributed by atoms with Crippen molar-refractivity contribution >= 4 is 0 Å². The van der Waals surface area contributed by atoms with Gasteiger partial charge in [0.25, 0.3) is 0 Å². The van der Waals surface area contributed by atoms with E-state index in [1.165, 1.54) is 0 Å². The first kappa shape index (κ1) is 15.5. The first-order valence-corrected chi connectivity index (χ1v) is 6.35. The molecule has 0 unspecified atom stereocenters. The molecule has 0 aliphatic rings. The van der Waals surface area contributed by atoms with Gasteiger partial charge in [-0.3, -0.25) is 0 Å². The lowest BCUT2D eigenvalue weighted by atomic mass is 9.72. The second-order valence-electron chi connectivity index (χ2n) is 4.58. The molecule has 0 heterocycles. The Bertz CT molecular complexity index is 296. The monoisotopic (exact) mass is 231 g/mol. The van der Waals surface area contributed by atoms with Crippen LogP contribution < -0.4 is 0 Å². The SMILES string of the molecule is CCCC(CCC#N)(CCC#N)CCCC#N. The maximum absolute atomic E-state index is 8.73. The van der Waals surface area contributed by atoms with Crippen molar-refractivity contribution in [2.75, 3.05) is 0 Å². The molecule has 0 aromatic heterocycles. The standard InChI is InChI=1S/C14H21N3/c1-2-7-14(9-5-12-16,10-6-13-17)8-3-4-11-15/h2-10H2,1H3. The molecule has 0 radical (unpaired) electrons. The summed E-state index contributed by atoms with van der Waals surface area (Å²) in [6.07, 6.45) is 7.39. The van der Waals surface area contributed by atoms with Gasteiger partial charge in [-0.15, -0.1) is 0 Å². The minimum atomic E-state index is 0.108. The lowest BCUT2D eigenvalue weighted by Gasteiger charge is -2.32. The summed E-state index contributed by atoms with van der Waals surface area (Å²) in [6.45, 7) is 2.14. The lowest BCUT2D eigenvalue weighted by molar-refractivity contribution is 0.197. The van der Waals surface area contributed by atoms with Crippen LogP contribution in [0, 0.1) is 39.4 Å². The van der Waals surface area contributed by atoms with Gasteiger partial charge in [0.15, 0.2) is 0 Å². The molecule has 0 aromatic carbocycles. The van der Waals surface area contributed by atoms with Crippen molar-refractivity contribution in [3.8, 4) is 18.2 Å². The zero-order valence-corrected chi connectivity index (χ0v) is 10.7. The lowest BCUT2D eigenvalue weighted by Crippen LogP contribution is -2.20. The number of nitriles is 3. The number of rotatable bonds is 9. The van der Waals surface area contributed by atoms with E-state index in [4.69, 9.17) is 15.8 Å². The van der Waals surface area contributed by atoms with E-state index >= 15 is 0 Å². The second-order valence-corrected chi connectivity index (χ2v) is 4.58. The van der Waals surface area contributed by atoms with Crippen LogP contribution in [0.1, 0.15) is 64.7 Å². The highest BCUT2D eigenvalue weighted by molar-refractivity contribution is 4.87. The Hall–Kier alpha value is -1.53. The zero-order valence-electron chi connectivity index (χ0n) is 10.7. The average Bonchev–Trinajstić information content (AvgIpc) is 2.34. The highest BCUT2D eigenvalue weighted by atomic mass is 14.3. The van der Waals surface area contributed by atoms with E-state index < -0.39 is 0 Å². The third-order valence-electron chi connectivity index (χ3n) is 3.31. The fourth-order valence-corrected chi connectivity index (χ4v) is 2.46. The van der Waals surface area contributed by atoms with Crippen LogP contribution in [0.3, 0.4) is 0 Å². The number of hydrogen-bond acceptors (Lipinski definition) is 3. The van der Waals surface area contributed by atoms with Crippen LogP contribution in [0.5, 0.6) is 0 Å². The maximum Gasteiger partial charge on any atom is 0.0621 e. The van der Waals surface area contributed by atoms with E-state index in [0.29, 0.717) is 19.3 Å². The molecular weight excluding hydrogens is 210 g/mol. The third kappa shape index (κ3) is 6.60. The molecular formula is C14H21N3. The average molecular weight is 231 g/mol. The molecule has 17 heavy (non-hydrogen) atoms. The number of nitrogens with zero attached hydrogens (tertiary/aromatic N) is 3.